The second kappa shape index (κ2) is 8.08. The zero-order valence-corrected chi connectivity index (χ0v) is 17.9. The number of carbonyl (C=O) groups is 1. The Morgan fingerprint density at radius 1 is 1.10 bits per heavy atom. The number of halogens is 1. The topological polar surface area (TPSA) is 41.1 Å². The predicted octanol–water partition coefficient (Wildman–Crippen LogP) is 6.60. The van der Waals surface area contributed by atoms with E-state index in [4.69, 9.17) is 11.6 Å². The molecule has 2 N–H and O–H groups in total. The monoisotopic (exact) mass is 406 g/mol. The van der Waals surface area contributed by atoms with Crippen molar-refractivity contribution in [3.63, 3.8) is 0 Å². The number of aryl methyl sites for hydroxylation is 1. The number of hydrogen-bond donors (Lipinski definition) is 2. The fourth-order valence-corrected chi connectivity index (χ4v) is 4.18. The van der Waals surface area contributed by atoms with Gasteiger partial charge in [0.15, 0.2) is 0 Å². The van der Waals surface area contributed by atoms with E-state index in [1.54, 1.807) is 0 Å². The molecule has 0 spiro atoms. The molecule has 3 aromatic rings. The summed E-state index contributed by atoms with van der Waals surface area (Å²) >= 11 is 6.49. The quantitative estimate of drug-likeness (QED) is 0.484. The maximum absolute atomic E-state index is 12.9. The summed E-state index contributed by atoms with van der Waals surface area (Å²) in [7, 11) is 0. The van der Waals surface area contributed by atoms with Gasteiger partial charge >= 0.3 is 0 Å². The number of rotatable bonds is 6. The van der Waals surface area contributed by atoms with Gasteiger partial charge in [-0.1, -0.05) is 41.9 Å². The molecule has 1 saturated carbocycles. The second-order valence-corrected chi connectivity index (χ2v) is 8.42. The van der Waals surface area contributed by atoms with Crippen LogP contribution in [0.25, 0.3) is 10.8 Å². The van der Waals surface area contributed by atoms with Crippen LogP contribution < -0.4 is 10.6 Å². The molecule has 3 aromatic carbocycles. The van der Waals surface area contributed by atoms with Gasteiger partial charge in [-0.25, -0.2) is 0 Å². The van der Waals surface area contributed by atoms with Crippen molar-refractivity contribution in [2.75, 3.05) is 11.9 Å². The first-order valence-electron chi connectivity index (χ1n) is 10.3. The Morgan fingerprint density at radius 3 is 2.55 bits per heavy atom. The fourth-order valence-electron chi connectivity index (χ4n) is 3.85. The number of anilines is 1. The number of hydrogen-bond acceptors (Lipinski definition) is 2. The summed E-state index contributed by atoms with van der Waals surface area (Å²) in [5.41, 5.74) is 5.15. The van der Waals surface area contributed by atoms with Gasteiger partial charge in [-0.3, -0.25) is 4.79 Å². The molecule has 1 amide bonds. The van der Waals surface area contributed by atoms with E-state index < -0.39 is 0 Å². The summed E-state index contributed by atoms with van der Waals surface area (Å²) in [6.07, 6.45) is 2.59. The molecule has 4 rings (SSSR count). The molecule has 29 heavy (non-hydrogen) atoms. The zero-order valence-electron chi connectivity index (χ0n) is 17.2. The summed E-state index contributed by atoms with van der Waals surface area (Å²) in [6, 6.07) is 16.3. The molecule has 150 valence electrons. The first kappa shape index (κ1) is 19.8. The van der Waals surface area contributed by atoms with Crippen LogP contribution in [0.3, 0.4) is 0 Å². The van der Waals surface area contributed by atoms with Gasteiger partial charge in [0.05, 0.1) is 6.04 Å². The van der Waals surface area contributed by atoms with Gasteiger partial charge in [0, 0.05) is 22.8 Å². The molecule has 0 aliphatic heterocycles. The minimum Gasteiger partial charge on any atom is -0.385 e. The van der Waals surface area contributed by atoms with Crippen LogP contribution in [-0.4, -0.2) is 12.5 Å². The third kappa shape index (κ3) is 4.25. The Morgan fingerprint density at radius 2 is 1.83 bits per heavy atom. The van der Waals surface area contributed by atoms with Gasteiger partial charge in [-0.15, -0.1) is 0 Å². The lowest BCUT2D eigenvalue weighted by atomic mass is 10.0. The Hall–Kier alpha value is -2.52. The van der Waals surface area contributed by atoms with Gasteiger partial charge in [0.1, 0.15) is 0 Å². The SMILES string of the molecule is CCNc1cc(Cl)c([C@@H](C)NC(=O)c2ccc3cc(C4CC4)ccc3c2)cc1C. The Labute approximate surface area is 177 Å². The third-order valence-electron chi connectivity index (χ3n) is 5.70. The average molecular weight is 407 g/mol. The highest BCUT2D eigenvalue weighted by atomic mass is 35.5. The van der Waals surface area contributed by atoms with Crippen molar-refractivity contribution in [2.45, 2.75) is 45.6 Å². The van der Waals surface area contributed by atoms with Crippen molar-refractivity contribution in [3.8, 4) is 0 Å². The number of fused-ring (bicyclic) bond motifs is 1. The first-order chi connectivity index (χ1) is 14.0. The standard InChI is InChI=1S/C25H27ClN2O/c1-4-27-24-14-23(26)22(11-15(24)2)16(3)28-25(29)21-10-9-19-12-18(17-5-6-17)7-8-20(19)13-21/h7-14,16-17,27H,4-6H2,1-3H3,(H,28,29)/t16-/m1/s1. The van der Waals surface area contributed by atoms with Crippen LogP contribution in [0, 0.1) is 6.92 Å². The van der Waals surface area contributed by atoms with Crippen LogP contribution >= 0.6 is 11.6 Å². The van der Waals surface area contributed by atoms with E-state index in [-0.39, 0.29) is 11.9 Å². The normalized spacial score (nSPS) is 14.6. The highest BCUT2D eigenvalue weighted by molar-refractivity contribution is 6.31. The zero-order chi connectivity index (χ0) is 20.5. The van der Waals surface area contributed by atoms with Crippen LogP contribution in [-0.2, 0) is 0 Å². The van der Waals surface area contributed by atoms with E-state index in [0.717, 1.165) is 34.7 Å². The van der Waals surface area contributed by atoms with E-state index in [1.807, 2.05) is 44.2 Å². The van der Waals surface area contributed by atoms with Crippen molar-refractivity contribution in [2.24, 2.45) is 0 Å². The van der Waals surface area contributed by atoms with Crippen molar-refractivity contribution in [3.05, 3.63) is 75.8 Å². The fraction of sp³-hybridized carbons (Fsp3) is 0.320. The van der Waals surface area contributed by atoms with Gasteiger partial charge in [0.25, 0.3) is 5.91 Å². The molecule has 1 aliphatic carbocycles. The maximum Gasteiger partial charge on any atom is 0.251 e. The molecule has 0 saturated heterocycles. The summed E-state index contributed by atoms with van der Waals surface area (Å²) in [4.78, 5) is 12.9. The van der Waals surface area contributed by atoms with Crippen LogP contribution in [0.15, 0.2) is 48.5 Å². The average Bonchev–Trinajstić information content (AvgIpc) is 3.55. The van der Waals surface area contributed by atoms with Gasteiger partial charge in [-0.2, -0.15) is 0 Å². The minimum atomic E-state index is -0.183. The minimum absolute atomic E-state index is 0.0878. The summed E-state index contributed by atoms with van der Waals surface area (Å²) in [6.45, 7) is 6.91. The van der Waals surface area contributed by atoms with E-state index in [1.165, 1.54) is 23.8 Å². The maximum atomic E-state index is 12.9. The van der Waals surface area contributed by atoms with Crippen molar-refractivity contribution < 1.29 is 4.79 Å². The van der Waals surface area contributed by atoms with E-state index in [2.05, 4.69) is 35.8 Å². The first-order valence-corrected chi connectivity index (χ1v) is 10.7. The number of benzene rings is 3. The lowest BCUT2D eigenvalue weighted by molar-refractivity contribution is 0.0940. The lowest BCUT2D eigenvalue weighted by Gasteiger charge is -2.19. The molecular weight excluding hydrogens is 380 g/mol. The van der Waals surface area contributed by atoms with Crippen molar-refractivity contribution in [1.82, 2.24) is 5.32 Å². The van der Waals surface area contributed by atoms with Gasteiger partial charge in [-0.05, 0) is 85.2 Å². The number of carbonyl (C=O) groups excluding carboxylic acids is 1. The second-order valence-electron chi connectivity index (χ2n) is 8.01. The summed E-state index contributed by atoms with van der Waals surface area (Å²) in [5.74, 6) is 0.644. The number of amides is 1. The van der Waals surface area contributed by atoms with Crippen molar-refractivity contribution in [1.29, 1.82) is 0 Å². The van der Waals surface area contributed by atoms with Crippen LogP contribution in [0.2, 0.25) is 5.02 Å². The molecule has 0 unspecified atom stereocenters. The lowest BCUT2D eigenvalue weighted by Crippen LogP contribution is -2.27. The van der Waals surface area contributed by atoms with E-state index >= 15 is 0 Å². The third-order valence-corrected chi connectivity index (χ3v) is 6.03. The van der Waals surface area contributed by atoms with E-state index in [9.17, 15) is 4.79 Å². The Bertz CT molecular complexity index is 1070. The predicted molar refractivity (Wildman–Crippen MR) is 122 cm³/mol. The van der Waals surface area contributed by atoms with Crippen LogP contribution in [0.1, 0.15) is 65.7 Å². The molecule has 0 radical (unpaired) electrons. The van der Waals surface area contributed by atoms with Crippen LogP contribution in [0.4, 0.5) is 5.69 Å². The highest BCUT2D eigenvalue weighted by Gasteiger charge is 2.23. The number of nitrogens with one attached hydrogen (secondary N) is 2. The largest absolute Gasteiger partial charge is 0.385 e. The molecule has 4 heteroatoms. The van der Waals surface area contributed by atoms with Gasteiger partial charge < -0.3 is 10.6 Å². The van der Waals surface area contributed by atoms with Crippen molar-refractivity contribution >= 4 is 34.0 Å². The molecule has 0 aromatic heterocycles. The molecule has 1 atom stereocenters. The molecule has 1 fully saturated rings. The smallest absolute Gasteiger partial charge is 0.251 e. The molecule has 0 heterocycles. The molecule has 1 aliphatic rings. The summed E-state index contributed by atoms with van der Waals surface area (Å²) in [5, 5.41) is 9.35. The molecular formula is C25H27ClN2O. The Balaban J connectivity index is 1.52. The molecule has 0 bridgehead atoms. The van der Waals surface area contributed by atoms with Crippen LogP contribution in [0.5, 0.6) is 0 Å². The molecule has 3 nitrogen and oxygen atoms in total. The highest BCUT2D eigenvalue weighted by Crippen LogP contribution is 2.41. The Kier molecular flexibility index (Phi) is 5.51. The van der Waals surface area contributed by atoms with Gasteiger partial charge in [0.2, 0.25) is 0 Å². The van der Waals surface area contributed by atoms with E-state index in [0.29, 0.717) is 10.6 Å². The summed E-state index contributed by atoms with van der Waals surface area (Å²) < 4.78 is 0.